The van der Waals surface area contributed by atoms with Crippen LogP contribution in [0.15, 0.2) is 18.3 Å². The van der Waals surface area contributed by atoms with Crippen molar-refractivity contribution in [2.24, 2.45) is 23.7 Å². The van der Waals surface area contributed by atoms with Gasteiger partial charge in [-0.15, -0.1) is 0 Å². The highest BCUT2D eigenvalue weighted by Gasteiger charge is 2.48. The Labute approximate surface area is 125 Å². The van der Waals surface area contributed by atoms with Crippen LogP contribution in [0.4, 0.5) is 5.69 Å². The molecule has 4 fully saturated rings. The van der Waals surface area contributed by atoms with Crippen LogP contribution in [0.5, 0.6) is 0 Å². The number of aromatic nitrogens is 1. The summed E-state index contributed by atoms with van der Waals surface area (Å²) >= 11 is 0. The Hall–Kier alpha value is -1.58. The molecule has 0 aliphatic heterocycles. The molecular weight excluding hydrogens is 262 g/mol. The fourth-order valence-electron chi connectivity index (χ4n) is 5.10. The summed E-state index contributed by atoms with van der Waals surface area (Å²) in [6.07, 6.45) is 8.75. The quantitative estimate of drug-likeness (QED) is 0.894. The smallest absolute Gasteiger partial charge is 0.226 e. The third-order valence-corrected chi connectivity index (χ3v) is 5.74. The molecule has 21 heavy (non-hydrogen) atoms. The van der Waals surface area contributed by atoms with Crippen molar-refractivity contribution in [3.05, 3.63) is 24.0 Å². The minimum Gasteiger partial charge on any atom is -0.397 e. The highest BCUT2D eigenvalue weighted by atomic mass is 16.1. The standard InChI is InChI=1S/C17H23N3O/c18-14-1-2-15(19-9-14)8-16(21)20-17-12-4-10-3-11(6-12)7-13(17)5-10/h1-2,9-13,17H,3-8,18H2,(H,20,21). The van der Waals surface area contributed by atoms with Crippen molar-refractivity contribution in [1.82, 2.24) is 10.3 Å². The van der Waals surface area contributed by atoms with Gasteiger partial charge >= 0.3 is 0 Å². The maximum absolute atomic E-state index is 12.3. The summed E-state index contributed by atoms with van der Waals surface area (Å²) in [5, 5.41) is 3.31. The van der Waals surface area contributed by atoms with Gasteiger partial charge in [-0.1, -0.05) is 0 Å². The zero-order chi connectivity index (χ0) is 14.4. The lowest BCUT2D eigenvalue weighted by Gasteiger charge is -2.54. The topological polar surface area (TPSA) is 68.0 Å². The Morgan fingerprint density at radius 1 is 1.14 bits per heavy atom. The lowest BCUT2D eigenvalue weighted by molar-refractivity contribution is -0.124. The number of anilines is 1. The van der Waals surface area contributed by atoms with Crippen LogP contribution in [-0.4, -0.2) is 16.9 Å². The van der Waals surface area contributed by atoms with E-state index < -0.39 is 0 Å². The second kappa shape index (κ2) is 5.00. The fraction of sp³-hybridized carbons (Fsp3) is 0.647. The van der Waals surface area contributed by atoms with Gasteiger partial charge < -0.3 is 11.1 Å². The Bertz CT molecular complexity index is 511. The van der Waals surface area contributed by atoms with E-state index in [9.17, 15) is 4.79 Å². The number of rotatable bonds is 3. The van der Waals surface area contributed by atoms with Gasteiger partial charge in [-0.25, -0.2) is 0 Å². The number of carbonyl (C=O) groups is 1. The van der Waals surface area contributed by atoms with Crippen molar-refractivity contribution < 1.29 is 4.79 Å². The first-order valence-electron chi connectivity index (χ1n) is 8.17. The summed E-state index contributed by atoms with van der Waals surface area (Å²) in [6, 6.07) is 4.06. The molecule has 0 unspecified atom stereocenters. The largest absolute Gasteiger partial charge is 0.397 e. The highest BCUT2D eigenvalue weighted by Crippen LogP contribution is 2.53. The van der Waals surface area contributed by atoms with Gasteiger partial charge in [0.2, 0.25) is 5.91 Å². The molecule has 112 valence electrons. The first-order chi connectivity index (χ1) is 10.2. The van der Waals surface area contributed by atoms with E-state index in [0.29, 0.717) is 18.2 Å². The monoisotopic (exact) mass is 285 g/mol. The maximum atomic E-state index is 12.3. The molecule has 4 nitrogen and oxygen atoms in total. The molecule has 4 saturated carbocycles. The molecule has 4 heteroatoms. The van der Waals surface area contributed by atoms with Crippen molar-refractivity contribution in [1.29, 1.82) is 0 Å². The first-order valence-corrected chi connectivity index (χ1v) is 8.17. The number of amides is 1. The third kappa shape index (κ3) is 2.52. The predicted octanol–water partition coefficient (Wildman–Crippen LogP) is 2.15. The van der Waals surface area contributed by atoms with Crippen molar-refractivity contribution in [3.8, 4) is 0 Å². The first kappa shape index (κ1) is 13.1. The Balaban J connectivity index is 1.39. The molecule has 3 N–H and O–H groups in total. The predicted molar refractivity (Wildman–Crippen MR) is 81.3 cm³/mol. The van der Waals surface area contributed by atoms with E-state index in [1.165, 1.54) is 32.1 Å². The summed E-state index contributed by atoms with van der Waals surface area (Å²) in [5.74, 6) is 3.46. The normalized spacial score (nSPS) is 36.7. The molecule has 1 heterocycles. The van der Waals surface area contributed by atoms with E-state index >= 15 is 0 Å². The minimum atomic E-state index is 0.116. The molecule has 0 aromatic carbocycles. The van der Waals surface area contributed by atoms with Crippen LogP contribution < -0.4 is 11.1 Å². The SMILES string of the molecule is Nc1ccc(CC(=O)NC2C3CC4CC(C3)CC2C4)nc1. The van der Waals surface area contributed by atoms with Gasteiger partial charge in [-0.2, -0.15) is 0 Å². The number of pyridine rings is 1. The summed E-state index contributed by atoms with van der Waals surface area (Å²) in [5.41, 5.74) is 7.06. The lowest BCUT2D eigenvalue weighted by atomic mass is 9.54. The van der Waals surface area contributed by atoms with Gasteiger partial charge in [-0.3, -0.25) is 9.78 Å². The van der Waals surface area contributed by atoms with Crippen LogP contribution in [0.25, 0.3) is 0 Å². The number of nitrogen functional groups attached to an aromatic ring is 1. The van der Waals surface area contributed by atoms with Gasteiger partial charge in [0.25, 0.3) is 0 Å². The lowest BCUT2D eigenvalue weighted by Crippen LogP contribution is -2.56. The summed E-state index contributed by atoms with van der Waals surface area (Å²) < 4.78 is 0. The second-order valence-electron chi connectivity index (χ2n) is 7.28. The van der Waals surface area contributed by atoms with Crippen LogP contribution in [0, 0.1) is 23.7 Å². The van der Waals surface area contributed by atoms with Crippen LogP contribution in [-0.2, 0) is 11.2 Å². The van der Waals surface area contributed by atoms with E-state index in [1.54, 1.807) is 12.3 Å². The number of nitrogens with zero attached hydrogens (tertiary/aromatic N) is 1. The van der Waals surface area contributed by atoms with Gasteiger partial charge in [0.05, 0.1) is 18.3 Å². The maximum Gasteiger partial charge on any atom is 0.226 e. The van der Waals surface area contributed by atoms with Crippen LogP contribution in [0.1, 0.15) is 37.8 Å². The molecule has 0 saturated heterocycles. The summed E-state index contributed by atoms with van der Waals surface area (Å²) in [6.45, 7) is 0. The minimum absolute atomic E-state index is 0.116. The molecule has 4 bridgehead atoms. The van der Waals surface area contributed by atoms with E-state index in [4.69, 9.17) is 5.73 Å². The molecule has 0 spiro atoms. The second-order valence-corrected chi connectivity index (χ2v) is 7.28. The van der Waals surface area contributed by atoms with Crippen molar-refractivity contribution in [2.45, 2.75) is 44.6 Å². The zero-order valence-corrected chi connectivity index (χ0v) is 12.3. The average molecular weight is 285 g/mol. The summed E-state index contributed by atoms with van der Waals surface area (Å²) in [7, 11) is 0. The van der Waals surface area contributed by atoms with Crippen LogP contribution >= 0.6 is 0 Å². The zero-order valence-electron chi connectivity index (χ0n) is 12.3. The van der Waals surface area contributed by atoms with Gasteiger partial charge in [0.1, 0.15) is 0 Å². The molecule has 4 aliphatic carbocycles. The molecule has 1 aromatic rings. The van der Waals surface area contributed by atoms with E-state index in [1.807, 2.05) is 6.07 Å². The van der Waals surface area contributed by atoms with Gasteiger partial charge in [0.15, 0.2) is 0 Å². The van der Waals surface area contributed by atoms with Gasteiger partial charge in [-0.05, 0) is 67.9 Å². The van der Waals surface area contributed by atoms with Crippen molar-refractivity contribution in [2.75, 3.05) is 5.73 Å². The Kier molecular flexibility index (Phi) is 3.12. The Morgan fingerprint density at radius 3 is 2.38 bits per heavy atom. The molecule has 0 atom stereocenters. The number of hydrogen-bond acceptors (Lipinski definition) is 3. The molecular formula is C17H23N3O. The van der Waals surface area contributed by atoms with E-state index in [0.717, 1.165) is 29.4 Å². The Morgan fingerprint density at radius 2 is 1.81 bits per heavy atom. The molecule has 1 aromatic heterocycles. The number of hydrogen-bond donors (Lipinski definition) is 2. The van der Waals surface area contributed by atoms with E-state index in [-0.39, 0.29) is 5.91 Å². The van der Waals surface area contributed by atoms with E-state index in [2.05, 4.69) is 10.3 Å². The number of carbonyl (C=O) groups excluding carboxylic acids is 1. The summed E-state index contributed by atoms with van der Waals surface area (Å²) in [4.78, 5) is 16.5. The average Bonchev–Trinajstić information content (AvgIpc) is 2.45. The van der Waals surface area contributed by atoms with Gasteiger partial charge in [0, 0.05) is 11.7 Å². The van der Waals surface area contributed by atoms with Crippen LogP contribution in [0.2, 0.25) is 0 Å². The van der Waals surface area contributed by atoms with Crippen molar-refractivity contribution >= 4 is 11.6 Å². The third-order valence-electron chi connectivity index (χ3n) is 5.74. The number of nitrogens with two attached hydrogens (primary N) is 1. The molecule has 0 radical (unpaired) electrons. The molecule has 1 amide bonds. The molecule has 5 rings (SSSR count). The fourth-order valence-corrected chi connectivity index (χ4v) is 5.10. The molecule has 4 aliphatic rings. The van der Waals surface area contributed by atoms with Crippen LogP contribution in [0.3, 0.4) is 0 Å². The number of nitrogens with one attached hydrogen (secondary N) is 1. The highest BCUT2D eigenvalue weighted by molar-refractivity contribution is 5.78. The van der Waals surface area contributed by atoms with Crippen molar-refractivity contribution in [3.63, 3.8) is 0 Å².